The first-order valence-electron chi connectivity index (χ1n) is 7.62. The molecule has 0 radical (unpaired) electrons. The van der Waals surface area contributed by atoms with Gasteiger partial charge in [0.1, 0.15) is 0 Å². The summed E-state index contributed by atoms with van der Waals surface area (Å²) in [5.74, 6) is 0.389. The number of rotatable bonds is 2. The van der Waals surface area contributed by atoms with Crippen molar-refractivity contribution < 1.29 is 13.2 Å². The van der Waals surface area contributed by atoms with E-state index in [0.717, 1.165) is 32.1 Å². The normalized spacial score (nSPS) is 33.5. The number of fused-ring (bicyclic) bond motifs is 1. The minimum atomic E-state index is -3.30. The maximum absolute atomic E-state index is 12.6. The zero-order chi connectivity index (χ0) is 14.2. The van der Waals surface area contributed by atoms with Crippen LogP contribution in [0.5, 0.6) is 0 Å². The maximum atomic E-state index is 12.6. The third-order valence-corrected chi connectivity index (χ3v) is 6.75. The average molecular weight is 301 g/mol. The Morgan fingerprint density at radius 3 is 2.50 bits per heavy atom. The Morgan fingerprint density at radius 1 is 1.00 bits per heavy atom. The second kappa shape index (κ2) is 5.61. The van der Waals surface area contributed by atoms with Gasteiger partial charge < -0.3 is 5.32 Å². The number of piperidine rings is 3. The molecule has 3 aliphatic rings. The summed E-state index contributed by atoms with van der Waals surface area (Å²) < 4.78 is 28.6. The van der Waals surface area contributed by atoms with Gasteiger partial charge in [0, 0.05) is 38.6 Å². The molecule has 1 amide bonds. The summed E-state index contributed by atoms with van der Waals surface area (Å²) >= 11 is 0. The molecule has 7 heteroatoms. The van der Waals surface area contributed by atoms with E-state index < -0.39 is 10.2 Å². The van der Waals surface area contributed by atoms with Crippen LogP contribution >= 0.6 is 0 Å². The minimum Gasteiger partial charge on any atom is -0.353 e. The number of nitrogens with zero attached hydrogens (tertiary/aromatic N) is 2. The Kier molecular flexibility index (Phi) is 4.01. The van der Waals surface area contributed by atoms with Crippen molar-refractivity contribution in [1.29, 1.82) is 0 Å². The van der Waals surface area contributed by atoms with Crippen LogP contribution in [0, 0.1) is 5.92 Å². The van der Waals surface area contributed by atoms with E-state index in [4.69, 9.17) is 0 Å². The van der Waals surface area contributed by atoms with Crippen molar-refractivity contribution in [3.63, 3.8) is 0 Å². The molecule has 20 heavy (non-hydrogen) atoms. The van der Waals surface area contributed by atoms with Gasteiger partial charge in [-0.25, -0.2) is 0 Å². The van der Waals surface area contributed by atoms with E-state index in [-0.39, 0.29) is 17.9 Å². The molecule has 2 unspecified atom stereocenters. The Hall–Kier alpha value is -0.660. The highest BCUT2D eigenvalue weighted by atomic mass is 32.2. The molecule has 3 heterocycles. The molecule has 1 N–H and O–H groups in total. The van der Waals surface area contributed by atoms with Crippen LogP contribution in [0.2, 0.25) is 0 Å². The summed E-state index contributed by atoms with van der Waals surface area (Å²) in [6.07, 6.45) is 5.14. The number of carbonyl (C=O) groups is 1. The van der Waals surface area contributed by atoms with Crippen LogP contribution in [-0.4, -0.2) is 55.2 Å². The highest BCUT2D eigenvalue weighted by Gasteiger charge is 2.39. The lowest BCUT2D eigenvalue weighted by Gasteiger charge is -2.42. The van der Waals surface area contributed by atoms with Crippen molar-refractivity contribution >= 4 is 16.1 Å². The van der Waals surface area contributed by atoms with Crippen LogP contribution in [0.15, 0.2) is 0 Å². The molecule has 0 bridgehead atoms. The van der Waals surface area contributed by atoms with E-state index in [1.165, 1.54) is 0 Å². The highest BCUT2D eigenvalue weighted by Crippen LogP contribution is 2.28. The Morgan fingerprint density at radius 2 is 1.75 bits per heavy atom. The molecule has 0 aromatic rings. The van der Waals surface area contributed by atoms with Crippen molar-refractivity contribution in [3.05, 3.63) is 0 Å². The highest BCUT2D eigenvalue weighted by molar-refractivity contribution is 7.86. The van der Waals surface area contributed by atoms with E-state index >= 15 is 0 Å². The number of hydrogen-bond acceptors (Lipinski definition) is 3. The summed E-state index contributed by atoms with van der Waals surface area (Å²) in [6.45, 7) is 2.40. The summed E-state index contributed by atoms with van der Waals surface area (Å²) in [5, 5.41) is 3.00. The molecule has 0 aromatic carbocycles. The van der Waals surface area contributed by atoms with E-state index in [0.29, 0.717) is 32.6 Å². The van der Waals surface area contributed by atoms with Crippen molar-refractivity contribution in [2.75, 3.05) is 26.2 Å². The van der Waals surface area contributed by atoms with E-state index in [9.17, 15) is 13.2 Å². The molecule has 2 atom stereocenters. The number of amides is 1. The van der Waals surface area contributed by atoms with Crippen LogP contribution in [0.25, 0.3) is 0 Å². The predicted molar refractivity (Wildman–Crippen MR) is 75.2 cm³/mol. The molecule has 114 valence electrons. The zero-order valence-corrected chi connectivity index (χ0v) is 12.6. The summed E-state index contributed by atoms with van der Waals surface area (Å²) in [5.41, 5.74) is 0. The SMILES string of the molecule is O=C1CCC2CN(S(=O)(=O)N3CCCCC3)CCC2N1. The average Bonchev–Trinajstić information content (AvgIpc) is 2.47. The smallest absolute Gasteiger partial charge is 0.281 e. The molecular formula is C13H23N3O3S. The van der Waals surface area contributed by atoms with Gasteiger partial charge in [-0.1, -0.05) is 6.42 Å². The monoisotopic (exact) mass is 301 g/mol. The van der Waals surface area contributed by atoms with Gasteiger partial charge in [-0.05, 0) is 31.6 Å². The summed E-state index contributed by atoms with van der Waals surface area (Å²) in [4.78, 5) is 11.4. The van der Waals surface area contributed by atoms with Crippen LogP contribution in [0.1, 0.15) is 38.5 Å². The van der Waals surface area contributed by atoms with Crippen LogP contribution in [-0.2, 0) is 15.0 Å². The number of carbonyl (C=O) groups excluding carboxylic acids is 1. The quantitative estimate of drug-likeness (QED) is 0.798. The number of hydrogen-bond donors (Lipinski definition) is 1. The van der Waals surface area contributed by atoms with E-state index in [1.807, 2.05) is 0 Å². The van der Waals surface area contributed by atoms with Crippen molar-refractivity contribution in [2.45, 2.75) is 44.6 Å². The van der Waals surface area contributed by atoms with Crippen molar-refractivity contribution in [2.24, 2.45) is 5.92 Å². The molecule has 3 fully saturated rings. The lowest BCUT2D eigenvalue weighted by molar-refractivity contribution is -0.124. The number of nitrogens with one attached hydrogen (secondary N) is 1. The third kappa shape index (κ3) is 2.71. The lowest BCUT2D eigenvalue weighted by Crippen LogP contribution is -2.57. The summed E-state index contributed by atoms with van der Waals surface area (Å²) in [6, 6.07) is 0.170. The fraction of sp³-hybridized carbons (Fsp3) is 0.923. The maximum Gasteiger partial charge on any atom is 0.281 e. The first-order chi connectivity index (χ1) is 9.57. The van der Waals surface area contributed by atoms with E-state index in [1.54, 1.807) is 8.61 Å². The molecule has 0 aliphatic carbocycles. The minimum absolute atomic E-state index is 0.110. The van der Waals surface area contributed by atoms with E-state index in [2.05, 4.69) is 5.32 Å². The van der Waals surface area contributed by atoms with Gasteiger partial charge in [-0.3, -0.25) is 4.79 Å². The lowest BCUT2D eigenvalue weighted by atomic mass is 9.86. The van der Waals surface area contributed by atoms with Gasteiger partial charge >= 0.3 is 0 Å². The topological polar surface area (TPSA) is 69.7 Å². The Balaban J connectivity index is 1.67. The van der Waals surface area contributed by atoms with Gasteiger partial charge in [0.15, 0.2) is 0 Å². The molecule has 6 nitrogen and oxygen atoms in total. The molecule has 0 aromatic heterocycles. The first kappa shape index (κ1) is 14.3. The standard InChI is InChI=1S/C13H23N3O3S/c17-13-5-4-11-10-16(9-6-12(11)14-13)20(18,19)15-7-2-1-3-8-15/h11-12H,1-10H2,(H,14,17). The molecule has 3 aliphatic heterocycles. The van der Waals surface area contributed by atoms with Gasteiger partial charge in [0.05, 0.1) is 0 Å². The van der Waals surface area contributed by atoms with Crippen molar-refractivity contribution in [1.82, 2.24) is 13.9 Å². The second-order valence-electron chi connectivity index (χ2n) is 6.09. The van der Waals surface area contributed by atoms with Crippen molar-refractivity contribution in [3.8, 4) is 0 Å². The van der Waals surface area contributed by atoms with Crippen LogP contribution in [0.4, 0.5) is 0 Å². The zero-order valence-electron chi connectivity index (χ0n) is 11.8. The van der Waals surface area contributed by atoms with Gasteiger partial charge in [0.2, 0.25) is 5.91 Å². The van der Waals surface area contributed by atoms with Gasteiger partial charge in [-0.15, -0.1) is 0 Å². The Labute approximate surface area is 120 Å². The van der Waals surface area contributed by atoms with Crippen LogP contribution in [0.3, 0.4) is 0 Å². The summed E-state index contributed by atoms with van der Waals surface area (Å²) in [7, 11) is -3.30. The predicted octanol–water partition coefficient (Wildman–Crippen LogP) is 0.318. The fourth-order valence-corrected chi connectivity index (χ4v) is 5.31. The van der Waals surface area contributed by atoms with Gasteiger partial charge in [0.25, 0.3) is 10.2 Å². The first-order valence-corrected chi connectivity index (χ1v) is 9.01. The molecule has 0 saturated carbocycles. The second-order valence-corrected chi connectivity index (χ2v) is 8.02. The largest absolute Gasteiger partial charge is 0.353 e. The van der Waals surface area contributed by atoms with Crippen LogP contribution < -0.4 is 5.32 Å². The molecule has 0 spiro atoms. The molecule has 3 rings (SSSR count). The molecular weight excluding hydrogens is 278 g/mol. The van der Waals surface area contributed by atoms with Gasteiger partial charge in [-0.2, -0.15) is 17.0 Å². The fourth-order valence-electron chi connectivity index (χ4n) is 3.55. The molecule has 3 saturated heterocycles. The Bertz CT molecular complexity index is 473. The third-order valence-electron chi connectivity index (χ3n) is 4.75.